The number of nitrogens with one attached hydrogen (secondary N) is 2. The van der Waals surface area contributed by atoms with E-state index in [9.17, 15) is 4.79 Å². The average Bonchev–Trinajstić information content (AvgIpc) is 3.40. The summed E-state index contributed by atoms with van der Waals surface area (Å²) >= 11 is 1.52. The Bertz CT molecular complexity index is 1330. The molecule has 1 amide bonds. The number of aromatic amines is 1. The molecule has 0 unspecified atom stereocenters. The van der Waals surface area contributed by atoms with Crippen LogP contribution in [0.3, 0.4) is 0 Å². The SMILES string of the molecule is C=C=NC(=O)c1[nH]n2c(SC)c(-c3cc(C)n(C)n3)nc2c1Nc1ccc(N(C)C)cc1. The molecule has 0 spiro atoms. The molecule has 9 nitrogen and oxygen atoms in total. The van der Waals surface area contributed by atoms with Gasteiger partial charge in [-0.3, -0.25) is 14.6 Å². The molecule has 10 heteroatoms. The number of benzene rings is 1. The van der Waals surface area contributed by atoms with Gasteiger partial charge in [0.25, 0.3) is 0 Å². The smallest absolute Gasteiger partial charge is 0.305 e. The normalized spacial score (nSPS) is 10.9. The molecule has 4 aromatic rings. The van der Waals surface area contributed by atoms with Crippen molar-refractivity contribution in [3.05, 3.63) is 48.3 Å². The molecule has 1 aromatic carbocycles. The zero-order valence-electron chi connectivity index (χ0n) is 18.6. The number of aryl methyl sites for hydroxylation is 2. The maximum absolute atomic E-state index is 12.7. The summed E-state index contributed by atoms with van der Waals surface area (Å²) in [6, 6.07) is 9.88. The van der Waals surface area contributed by atoms with E-state index in [0.717, 1.165) is 33.5 Å². The monoisotopic (exact) mass is 448 g/mol. The summed E-state index contributed by atoms with van der Waals surface area (Å²) in [4.78, 5) is 23.2. The van der Waals surface area contributed by atoms with Crippen LogP contribution >= 0.6 is 11.8 Å². The van der Waals surface area contributed by atoms with E-state index in [1.807, 2.05) is 74.2 Å². The Hall–Kier alpha value is -3.75. The van der Waals surface area contributed by atoms with Crippen LogP contribution in [0.2, 0.25) is 0 Å². The first kappa shape index (κ1) is 21.5. The third kappa shape index (κ3) is 3.70. The van der Waals surface area contributed by atoms with Gasteiger partial charge in [-0.15, -0.1) is 11.8 Å². The van der Waals surface area contributed by atoms with Gasteiger partial charge in [0.05, 0.1) is 0 Å². The summed E-state index contributed by atoms with van der Waals surface area (Å²) < 4.78 is 3.60. The number of anilines is 3. The van der Waals surface area contributed by atoms with Gasteiger partial charge in [0.15, 0.2) is 11.3 Å². The Balaban J connectivity index is 1.88. The first-order valence-electron chi connectivity index (χ1n) is 9.85. The summed E-state index contributed by atoms with van der Waals surface area (Å²) in [6.07, 6.45) is 1.96. The summed E-state index contributed by atoms with van der Waals surface area (Å²) in [5.74, 6) is 1.83. The Morgan fingerprint density at radius 2 is 2.03 bits per heavy atom. The van der Waals surface area contributed by atoms with Crippen molar-refractivity contribution < 1.29 is 4.79 Å². The highest BCUT2D eigenvalue weighted by molar-refractivity contribution is 7.98. The minimum absolute atomic E-state index is 0.277. The van der Waals surface area contributed by atoms with Gasteiger partial charge in [0.1, 0.15) is 22.1 Å². The molecule has 0 radical (unpaired) electrons. The summed E-state index contributed by atoms with van der Waals surface area (Å²) in [5, 5.41) is 11.9. The molecular weight excluding hydrogens is 424 g/mol. The van der Waals surface area contributed by atoms with Crippen molar-refractivity contribution in [1.29, 1.82) is 0 Å². The van der Waals surface area contributed by atoms with E-state index in [2.05, 4.69) is 33.0 Å². The van der Waals surface area contributed by atoms with E-state index in [1.165, 1.54) is 11.8 Å². The molecule has 0 saturated heterocycles. The van der Waals surface area contributed by atoms with Gasteiger partial charge in [-0.1, -0.05) is 0 Å². The lowest BCUT2D eigenvalue weighted by molar-refractivity contribution is 0.0999. The second-order valence-electron chi connectivity index (χ2n) is 7.43. The van der Waals surface area contributed by atoms with Crippen molar-refractivity contribution in [3.8, 4) is 11.4 Å². The molecule has 4 rings (SSSR count). The number of H-pyrrole nitrogens is 1. The van der Waals surface area contributed by atoms with Crippen LogP contribution in [0.15, 0.2) is 46.9 Å². The zero-order chi connectivity index (χ0) is 23.0. The van der Waals surface area contributed by atoms with Crippen LogP contribution in [0, 0.1) is 6.92 Å². The number of rotatable bonds is 6. The lowest BCUT2D eigenvalue weighted by Crippen LogP contribution is -2.08. The number of fused-ring (bicyclic) bond motifs is 1. The van der Waals surface area contributed by atoms with Gasteiger partial charge in [-0.25, -0.2) is 9.50 Å². The molecular formula is C22H24N8OS. The molecule has 0 fully saturated rings. The van der Waals surface area contributed by atoms with Gasteiger partial charge >= 0.3 is 5.91 Å². The number of hydrogen-bond donors (Lipinski definition) is 2. The molecule has 3 aromatic heterocycles. The maximum Gasteiger partial charge on any atom is 0.305 e. The molecule has 0 bridgehead atoms. The largest absolute Gasteiger partial charge is 0.378 e. The molecule has 0 saturated carbocycles. The Morgan fingerprint density at radius 3 is 2.59 bits per heavy atom. The maximum atomic E-state index is 12.7. The van der Waals surface area contributed by atoms with E-state index in [1.54, 1.807) is 4.52 Å². The van der Waals surface area contributed by atoms with Gasteiger partial charge < -0.3 is 10.2 Å². The van der Waals surface area contributed by atoms with Crippen LogP contribution < -0.4 is 10.2 Å². The Kier molecular flexibility index (Phi) is 5.65. The lowest BCUT2D eigenvalue weighted by atomic mass is 10.2. The van der Waals surface area contributed by atoms with Crippen molar-refractivity contribution in [2.45, 2.75) is 11.9 Å². The fourth-order valence-corrected chi connectivity index (χ4v) is 4.03. The van der Waals surface area contributed by atoms with E-state index in [4.69, 9.17) is 4.98 Å². The average molecular weight is 449 g/mol. The fraction of sp³-hybridized carbons (Fsp3) is 0.227. The number of aliphatic imine (C=N–C) groups is 1. The Morgan fingerprint density at radius 1 is 1.31 bits per heavy atom. The second kappa shape index (κ2) is 8.41. The van der Waals surface area contributed by atoms with Crippen molar-refractivity contribution in [2.24, 2.45) is 12.0 Å². The summed E-state index contributed by atoms with van der Waals surface area (Å²) in [7, 11) is 5.86. The van der Waals surface area contributed by atoms with Gasteiger partial charge in [0.2, 0.25) is 0 Å². The first-order chi connectivity index (χ1) is 15.3. The summed E-state index contributed by atoms with van der Waals surface area (Å²) in [6.45, 7) is 5.41. The molecule has 0 aliphatic carbocycles. The molecule has 3 heterocycles. The molecule has 2 N–H and O–H groups in total. The number of carbonyl (C=O) groups is 1. The van der Waals surface area contributed by atoms with E-state index < -0.39 is 5.91 Å². The third-order valence-corrected chi connectivity index (χ3v) is 5.89. The third-order valence-electron chi connectivity index (χ3n) is 5.13. The number of carbonyl (C=O) groups excluding carboxylic acids is 1. The minimum atomic E-state index is -0.486. The number of nitrogens with zero attached hydrogens (tertiary/aromatic N) is 6. The fourth-order valence-electron chi connectivity index (χ4n) is 3.38. The standard InChI is InChI=1S/C22H24N8OS/c1-7-23-21(31)19-18(24-14-8-10-15(11-9-14)28(3)4)20-25-17(22(32-6)30(20)27-19)16-12-13(2)29(5)26-16/h8-12,24,27H,1H2,2-6H3. The van der Waals surface area contributed by atoms with Crippen molar-refractivity contribution >= 4 is 46.2 Å². The lowest BCUT2D eigenvalue weighted by Gasteiger charge is -2.13. The van der Waals surface area contributed by atoms with Crippen molar-refractivity contribution in [1.82, 2.24) is 24.4 Å². The quantitative estimate of drug-likeness (QED) is 0.343. The molecule has 0 aliphatic rings. The predicted octanol–water partition coefficient (Wildman–Crippen LogP) is 3.90. The highest BCUT2D eigenvalue weighted by Gasteiger charge is 2.25. The molecule has 0 atom stereocenters. The van der Waals surface area contributed by atoms with Gasteiger partial charge in [-0.2, -0.15) is 10.1 Å². The van der Waals surface area contributed by atoms with Crippen LogP contribution in [-0.2, 0) is 7.05 Å². The highest BCUT2D eigenvalue weighted by atomic mass is 32.2. The van der Waals surface area contributed by atoms with Crippen molar-refractivity contribution in [2.75, 3.05) is 30.6 Å². The number of amides is 1. The minimum Gasteiger partial charge on any atom is -0.378 e. The molecule has 0 aliphatic heterocycles. The van der Waals surface area contributed by atoms with Crippen molar-refractivity contribution in [3.63, 3.8) is 0 Å². The van der Waals surface area contributed by atoms with E-state index in [0.29, 0.717) is 11.3 Å². The van der Waals surface area contributed by atoms with Crippen LogP contribution in [0.5, 0.6) is 0 Å². The van der Waals surface area contributed by atoms with Gasteiger partial charge in [0, 0.05) is 38.2 Å². The number of aromatic nitrogens is 5. The zero-order valence-corrected chi connectivity index (χ0v) is 19.4. The second-order valence-corrected chi connectivity index (χ2v) is 8.22. The van der Waals surface area contributed by atoms with Gasteiger partial charge in [-0.05, 0) is 56.0 Å². The van der Waals surface area contributed by atoms with Crippen LogP contribution in [0.25, 0.3) is 17.0 Å². The van der Waals surface area contributed by atoms with Crippen LogP contribution in [0.1, 0.15) is 16.2 Å². The Labute approximate surface area is 189 Å². The number of thioether (sulfide) groups is 1. The summed E-state index contributed by atoms with van der Waals surface area (Å²) in [5.41, 5.74) is 5.80. The van der Waals surface area contributed by atoms with E-state index in [-0.39, 0.29) is 5.69 Å². The van der Waals surface area contributed by atoms with Crippen LogP contribution in [-0.4, -0.2) is 56.5 Å². The first-order valence-corrected chi connectivity index (χ1v) is 11.1. The topological polar surface area (TPSA) is 95.6 Å². The van der Waals surface area contributed by atoms with Crippen LogP contribution in [0.4, 0.5) is 17.1 Å². The van der Waals surface area contributed by atoms with E-state index >= 15 is 0 Å². The number of imidazole rings is 1. The molecule has 164 valence electrons. The highest BCUT2D eigenvalue weighted by Crippen LogP contribution is 2.35. The molecule has 32 heavy (non-hydrogen) atoms. The predicted molar refractivity (Wildman–Crippen MR) is 130 cm³/mol. The number of hydrogen-bond acceptors (Lipinski definition) is 6.